The van der Waals surface area contributed by atoms with Crippen molar-refractivity contribution in [2.24, 2.45) is 0 Å². The Balaban J connectivity index is 1.61. The summed E-state index contributed by atoms with van der Waals surface area (Å²) in [6, 6.07) is 11.8. The quantitative estimate of drug-likeness (QED) is 0.879. The molecule has 0 bridgehead atoms. The first-order valence-corrected chi connectivity index (χ1v) is 7.92. The van der Waals surface area contributed by atoms with E-state index in [9.17, 15) is 0 Å². The van der Waals surface area contributed by atoms with E-state index >= 15 is 0 Å². The van der Waals surface area contributed by atoms with Crippen LogP contribution in [0.3, 0.4) is 0 Å². The second-order valence-electron chi connectivity index (χ2n) is 4.82. The lowest BCUT2D eigenvalue weighted by Gasteiger charge is -2.19. The number of benzene rings is 2. The summed E-state index contributed by atoms with van der Waals surface area (Å²) in [5, 5.41) is 4.15. The summed E-state index contributed by atoms with van der Waals surface area (Å²) in [7, 11) is 0. The molecule has 1 aliphatic heterocycles. The van der Waals surface area contributed by atoms with Crippen LogP contribution >= 0.6 is 27.5 Å². The third-order valence-corrected chi connectivity index (χ3v) is 4.27. The maximum absolute atomic E-state index is 6.01. The van der Waals surface area contributed by atoms with Crippen molar-refractivity contribution in [2.45, 2.75) is 13.1 Å². The van der Waals surface area contributed by atoms with Gasteiger partial charge in [-0.25, -0.2) is 0 Å². The van der Waals surface area contributed by atoms with Crippen molar-refractivity contribution < 1.29 is 9.47 Å². The zero-order valence-corrected chi connectivity index (χ0v) is 13.7. The zero-order chi connectivity index (χ0) is 14.7. The molecule has 0 spiro atoms. The van der Waals surface area contributed by atoms with Crippen molar-refractivity contribution in [3.05, 3.63) is 57.0 Å². The number of ether oxygens (including phenoxy) is 2. The van der Waals surface area contributed by atoms with Gasteiger partial charge in [0.25, 0.3) is 0 Å². The largest absolute Gasteiger partial charge is 0.486 e. The van der Waals surface area contributed by atoms with Crippen LogP contribution in [0.1, 0.15) is 11.1 Å². The fourth-order valence-electron chi connectivity index (χ4n) is 2.22. The normalized spacial score (nSPS) is 13.2. The Morgan fingerprint density at radius 3 is 2.67 bits per heavy atom. The first-order valence-electron chi connectivity index (χ1n) is 6.75. The molecule has 0 atom stereocenters. The molecule has 5 heteroatoms. The Morgan fingerprint density at radius 2 is 1.81 bits per heavy atom. The van der Waals surface area contributed by atoms with Crippen LogP contribution in [0.25, 0.3) is 0 Å². The highest BCUT2D eigenvalue weighted by molar-refractivity contribution is 9.10. The van der Waals surface area contributed by atoms with Gasteiger partial charge in [-0.2, -0.15) is 0 Å². The highest BCUT2D eigenvalue weighted by atomic mass is 79.9. The molecule has 0 unspecified atom stereocenters. The predicted molar refractivity (Wildman–Crippen MR) is 87.1 cm³/mol. The third-order valence-electron chi connectivity index (χ3n) is 3.26. The van der Waals surface area contributed by atoms with E-state index < -0.39 is 0 Å². The summed E-state index contributed by atoms with van der Waals surface area (Å²) in [5.74, 6) is 1.65. The van der Waals surface area contributed by atoms with Crippen LogP contribution < -0.4 is 14.8 Å². The first kappa shape index (κ1) is 14.7. The summed E-state index contributed by atoms with van der Waals surface area (Å²) < 4.78 is 12.2. The molecule has 2 aromatic rings. The van der Waals surface area contributed by atoms with E-state index in [2.05, 4.69) is 21.2 Å². The minimum absolute atomic E-state index is 0.610. The Morgan fingerprint density at radius 1 is 1.00 bits per heavy atom. The molecule has 1 aliphatic rings. The number of fused-ring (bicyclic) bond motifs is 1. The number of hydrogen-bond acceptors (Lipinski definition) is 3. The second kappa shape index (κ2) is 6.69. The van der Waals surface area contributed by atoms with Crippen molar-refractivity contribution in [1.29, 1.82) is 0 Å². The van der Waals surface area contributed by atoms with Gasteiger partial charge in [-0.1, -0.05) is 33.6 Å². The molecule has 0 aromatic heterocycles. The van der Waals surface area contributed by atoms with Gasteiger partial charge in [-0.15, -0.1) is 0 Å². The van der Waals surface area contributed by atoms with Crippen LogP contribution in [0.2, 0.25) is 5.02 Å². The summed E-state index contributed by atoms with van der Waals surface area (Å²) in [5.41, 5.74) is 2.30. The van der Waals surface area contributed by atoms with E-state index in [0.29, 0.717) is 13.2 Å². The maximum atomic E-state index is 6.01. The zero-order valence-electron chi connectivity index (χ0n) is 11.4. The average Bonchev–Trinajstić information content (AvgIpc) is 2.50. The van der Waals surface area contributed by atoms with E-state index in [0.717, 1.165) is 45.2 Å². The molecule has 0 radical (unpaired) electrons. The monoisotopic (exact) mass is 367 g/mol. The fourth-order valence-corrected chi connectivity index (χ4v) is 2.80. The van der Waals surface area contributed by atoms with Gasteiger partial charge in [-0.3, -0.25) is 0 Å². The van der Waals surface area contributed by atoms with Crippen LogP contribution in [-0.4, -0.2) is 13.2 Å². The minimum atomic E-state index is 0.610. The van der Waals surface area contributed by atoms with Crippen LogP contribution in [0, 0.1) is 0 Å². The summed E-state index contributed by atoms with van der Waals surface area (Å²) in [6.45, 7) is 2.73. The summed E-state index contributed by atoms with van der Waals surface area (Å²) >= 11 is 9.54. The molecular formula is C16H15BrClNO2. The highest BCUT2D eigenvalue weighted by Crippen LogP contribution is 2.30. The van der Waals surface area contributed by atoms with Gasteiger partial charge in [-0.05, 0) is 41.5 Å². The standard InChI is InChI=1S/C16H15BrClNO2/c17-14-3-2-13(18)8-12(14)10-19-9-11-1-4-15-16(7-11)21-6-5-20-15/h1-4,7-8,19H,5-6,9-10H2. The molecule has 0 amide bonds. The molecule has 1 heterocycles. The van der Waals surface area contributed by atoms with Crippen molar-refractivity contribution in [1.82, 2.24) is 5.32 Å². The Labute approximate surface area is 137 Å². The molecule has 0 fully saturated rings. The second-order valence-corrected chi connectivity index (χ2v) is 6.11. The summed E-state index contributed by atoms with van der Waals surface area (Å²) in [4.78, 5) is 0. The number of hydrogen-bond donors (Lipinski definition) is 1. The summed E-state index contributed by atoms with van der Waals surface area (Å²) in [6.07, 6.45) is 0. The van der Waals surface area contributed by atoms with Gasteiger partial charge in [0.2, 0.25) is 0 Å². The molecule has 1 N–H and O–H groups in total. The van der Waals surface area contributed by atoms with E-state index in [1.807, 2.05) is 36.4 Å². The van der Waals surface area contributed by atoms with Crippen molar-refractivity contribution >= 4 is 27.5 Å². The van der Waals surface area contributed by atoms with Gasteiger partial charge in [0.15, 0.2) is 11.5 Å². The molecule has 0 saturated heterocycles. The van der Waals surface area contributed by atoms with Gasteiger partial charge < -0.3 is 14.8 Å². The average molecular weight is 369 g/mol. The number of nitrogens with one attached hydrogen (secondary N) is 1. The molecule has 0 aliphatic carbocycles. The smallest absolute Gasteiger partial charge is 0.161 e. The van der Waals surface area contributed by atoms with E-state index in [-0.39, 0.29) is 0 Å². The topological polar surface area (TPSA) is 30.5 Å². The van der Waals surface area contributed by atoms with Crippen LogP contribution in [0.15, 0.2) is 40.9 Å². The number of halogens is 2. The van der Waals surface area contributed by atoms with E-state index in [1.54, 1.807) is 0 Å². The van der Waals surface area contributed by atoms with Crippen LogP contribution in [-0.2, 0) is 13.1 Å². The lowest BCUT2D eigenvalue weighted by Crippen LogP contribution is -2.16. The molecule has 3 nitrogen and oxygen atoms in total. The predicted octanol–water partition coefficient (Wildman–Crippen LogP) is 4.16. The Hall–Kier alpha value is -1.23. The molecule has 0 saturated carbocycles. The molecular weight excluding hydrogens is 354 g/mol. The van der Waals surface area contributed by atoms with Gasteiger partial charge >= 0.3 is 0 Å². The van der Waals surface area contributed by atoms with Crippen molar-refractivity contribution in [3.8, 4) is 11.5 Å². The Bertz CT molecular complexity index is 648. The van der Waals surface area contributed by atoms with Gasteiger partial charge in [0.1, 0.15) is 13.2 Å². The Kier molecular flexibility index (Phi) is 4.68. The molecule has 3 rings (SSSR count). The maximum Gasteiger partial charge on any atom is 0.161 e. The lowest BCUT2D eigenvalue weighted by atomic mass is 10.2. The third kappa shape index (κ3) is 3.70. The molecule has 21 heavy (non-hydrogen) atoms. The fraction of sp³-hybridized carbons (Fsp3) is 0.250. The van der Waals surface area contributed by atoms with Crippen LogP contribution in [0.4, 0.5) is 0 Å². The van der Waals surface area contributed by atoms with Crippen molar-refractivity contribution in [3.63, 3.8) is 0 Å². The number of rotatable bonds is 4. The van der Waals surface area contributed by atoms with Gasteiger partial charge in [0, 0.05) is 22.6 Å². The SMILES string of the molecule is Clc1ccc(Br)c(CNCc2ccc3c(c2)OCCO3)c1. The lowest BCUT2D eigenvalue weighted by molar-refractivity contribution is 0.171. The minimum Gasteiger partial charge on any atom is -0.486 e. The molecule has 2 aromatic carbocycles. The molecule has 110 valence electrons. The van der Waals surface area contributed by atoms with E-state index in [1.165, 1.54) is 0 Å². The van der Waals surface area contributed by atoms with Crippen molar-refractivity contribution in [2.75, 3.05) is 13.2 Å². The highest BCUT2D eigenvalue weighted by Gasteiger charge is 2.11. The van der Waals surface area contributed by atoms with E-state index in [4.69, 9.17) is 21.1 Å². The van der Waals surface area contributed by atoms with Gasteiger partial charge in [0.05, 0.1) is 0 Å². The first-order chi connectivity index (χ1) is 10.2. The van der Waals surface area contributed by atoms with Crippen LogP contribution in [0.5, 0.6) is 11.5 Å².